The van der Waals surface area contributed by atoms with Crippen molar-refractivity contribution in [3.05, 3.63) is 18.1 Å². The standard InChI is InChI=1S/C13H19N3O2/c1-3-10-7-12(15-8-14-10)16-5-4-9(2)6-11(16)13(17)18/h7-9,11H,3-6H2,1-2H3,(H,17,18). The van der Waals surface area contributed by atoms with Crippen LogP contribution in [0, 0.1) is 5.92 Å². The predicted octanol–water partition coefficient (Wildman–Crippen LogP) is 1.73. The van der Waals surface area contributed by atoms with E-state index in [-0.39, 0.29) is 0 Å². The van der Waals surface area contributed by atoms with Crippen molar-refractivity contribution in [1.29, 1.82) is 0 Å². The molecule has 1 N–H and O–H groups in total. The van der Waals surface area contributed by atoms with Crippen molar-refractivity contribution in [2.75, 3.05) is 11.4 Å². The van der Waals surface area contributed by atoms with E-state index < -0.39 is 12.0 Å². The Kier molecular flexibility index (Phi) is 3.79. The summed E-state index contributed by atoms with van der Waals surface area (Å²) in [5.74, 6) is 0.425. The first-order chi connectivity index (χ1) is 8.61. The van der Waals surface area contributed by atoms with Gasteiger partial charge in [0.05, 0.1) is 0 Å². The highest BCUT2D eigenvalue weighted by atomic mass is 16.4. The van der Waals surface area contributed by atoms with Crippen molar-refractivity contribution in [1.82, 2.24) is 9.97 Å². The Balaban J connectivity index is 2.26. The van der Waals surface area contributed by atoms with Gasteiger partial charge in [0.25, 0.3) is 0 Å². The maximum Gasteiger partial charge on any atom is 0.326 e. The van der Waals surface area contributed by atoms with Gasteiger partial charge < -0.3 is 10.0 Å². The van der Waals surface area contributed by atoms with Crippen molar-refractivity contribution in [2.45, 2.75) is 39.2 Å². The Bertz CT molecular complexity index is 436. The molecule has 0 saturated carbocycles. The number of carboxylic acids is 1. The largest absolute Gasteiger partial charge is 0.480 e. The number of carbonyl (C=O) groups is 1. The highest BCUT2D eigenvalue weighted by Crippen LogP contribution is 2.27. The Morgan fingerprint density at radius 1 is 1.56 bits per heavy atom. The first kappa shape index (κ1) is 12.8. The molecule has 1 aromatic heterocycles. The van der Waals surface area contributed by atoms with Gasteiger partial charge in [-0.25, -0.2) is 14.8 Å². The van der Waals surface area contributed by atoms with E-state index in [1.54, 1.807) is 0 Å². The van der Waals surface area contributed by atoms with Crippen LogP contribution in [0.25, 0.3) is 0 Å². The molecule has 1 aliphatic rings. The fraction of sp³-hybridized carbons (Fsp3) is 0.615. The van der Waals surface area contributed by atoms with E-state index in [1.165, 1.54) is 6.33 Å². The molecule has 0 spiro atoms. The molecule has 2 unspecified atom stereocenters. The van der Waals surface area contributed by atoms with Crippen molar-refractivity contribution in [2.24, 2.45) is 5.92 Å². The van der Waals surface area contributed by atoms with Crippen LogP contribution in [0.15, 0.2) is 12.4 Å². The second kappa shape index (κ2) is 5.33. The van der Waals surface area contributed by atoms with Gasteiger partial charge in [0.2, 0.25) is 0 Å². The van der Waals surface area contributed by atoms with Crippen LogP contribution >= 0.6 is 0 Å². The lowest BCUT2D eigenvalue weighted by Crippen LogP contribution is -2.47. The summed E-state index contributed by atoms with van der Waals surface area (Å²) in [7, 11) is 0. The molecule has 18 heavy (non-hydrogen) atoms. The number of anilines is 1. The molecule has 1 aliphatic heterocycles. The molecule has 1 saturated heterocycles. The molecular weight excluding hydrogens is 230 g/mol. The van der Waals surface area contributed by atoms with Gasteiger partial charge in [-0.15, -0.1) is 0 Å². The topological polar surface area (TPSA) is 66.3 Å². The number of hydrogen-bond acceptors (Lipinski definition) is 4. The average molecular weight is 249 g/mol. The van der Waals surface area contributed by atoms with Crippen LogP contribution in [0.1, 0.15) is 32.4 Å². The molecule has 1 fully saturated rings. The molecule has 0 aliphatic carbocycles. The van der Waals surface area contributed by atoms with Crippen molar-refractivity contribution < 1.29 is 9.90 Å². The van der Waals surface area contributed by atoms with Gasteiger partial charge in [-0.05, 0) is 25.2 Å². The summed E-state index contributed by atoms with van der Waals surface area (Å²) in [6, 6.07) is 1.43. The fourth-order valence-electron chi connectivity index (χ4n) is 2.39. The third-order valence-corrected chi connectivity index (χ3v) is 3.52. The van der Waals surface area contributed by atoms with E-state index in [4.69, 9.17) is 0 Å². The molecule has 2 heterocycles. The number of aromatic nitrogens is 2. The van der Waals surface area contributed by atoms with Gasteiger partial charge >= 0.3 is 5.97 Å². The van der Waals surface area contributed by atoms with Crippen LogP contribution in [0.3, 0.4) is 0 Å². The lowest BCUT2D eigenvalue weighted by molar-refractivity contribution is -0.139. The number of aryl methyl sites for hydroxylation is 1. The van der Waals surface area contributed by atoms with Crippen molar-refractivity contribution in [3.8, 4) is 0 Å². The number of rotatable bonds is 3. The molecular formula is C13H19N3O2. The summed E-state index contributed by atoms with van der Waals surface area (Å²) in [5, 5.41) is 9.33. The summed E-state index contributed by atoms with van der Waals surface area (Å²) in [4.78, 5) is 21.6. The number of piperidine rings is 1. The van der Waals surface area contributed by atoms with Crippen molar-refractivity contribution in [3.63, 3.8) is 0 Å². The monoisotopic (exact) mass is 249 g/mol. The zero-order chi connectivity index (χ0) is 13.1. The number of carboxylic acid groups (broad SMARTS) is 1. The maximum absolute atomic E-state index is 11.4. The van der Waals surface area contributed by atoms with Crippen LogP contribution in [-0.4, -0.2) is 33.6 Å². The molecule has 1 aromatic rings. The minimum Gasteiger partial charge on any atom is -0.480 e. The van der Waals surface area contributed by atoms with Crippen LogP contribution < -0.4 is 4.90 Å². The summed E-state index contributed by atoms with van der Waals surface area (Å²) < 4.78 is 0. The van der Waals surface area contributed by atoms with Crippen LogP contribution in [0.2, 0.25) is 0 Å². The van der Waals surface area contributed by atoms with Crippen LogP contribution in [0.5, 0.6) is 0 Å². The quantitative estimate of drug-likeness (QED) is 0.883. The molecule has 2 rings (SSSR count). The van der Waals surface area contributed by atoms with E-state index in [1.807, 2.05) is 17.9 Å². The minimum absolute atomic E-state index is 0.454. The zero-order valence-corrected chi connectivity index (χ0v) is 10.8. The molecule has 5 heteroatoms. The Labute approximate surface area is 107 Å². The van der Waals surface area contributed by atoms with E-state index in [9.17, 15) is 9.90 Å². The fourth-order valence-corrected chi connectivity index (χ4v) is 2.39. The zero-order valence-electron chi connectivity index (χ0n) is 10.8. The number of aliphatic carboxylic acids is 1. The normalized spacial score (nSPS) is 24.0. The molecule has 0 bridgehead atoms. The second-order valence-corrected chi connectivity index (χ2v) is 4.90. The average Bonchev–Trinajstić information content (AvgIpc) is 2.38. The smallest absolute Gasteiger partial charge is 0.326 e. The van der Waals surface area contributed by atoms with Crippen LogP contribution in [0.4, 0.5) is 5.82 Å². The van der Waals surface area contributed by atoms with Gasteiger partial charge in [0.1, 0.15) is 18.2 Å². The Hall–Kier alpha value is -1.65. The first-order valence-corrected chi connectivity index (χ1v) is 6.42. The Morgan fingerprint density at radius 2 is 2.33 bits per heavy atom. The molecule has 0 aromatic carbocycles. The maximum atomic E-state index is 11.4. The highest BCUT2D eigenvalue weighted by Gasteiger charge is 2.32. The van der Waals surface area contributed by atoms with Gasteiger partial charge in [-0.3, -0.25) is 0 Å². The van der Waals surface area contributed by atoms with Gasteiger partial charge in [-0.2, -0.15) is 0 Å². The Morgan fingerprint density at radius 3 is 3.00 bits per heavy atom. The predicted molar refractivity (Wildman–Crippen MR) is 68.6 cm³/mol. The molecule has 2 atom stereocenters. The third kappa shape index (κ3) is 2.60. The first-order valence-electron chi connectivity index (χ1n) is 6.42. The van der Waals surface area contributed by atoms with Gasteiger partial charge in [0.15, 0.2) is 0 Å². The molecule has 98 valence electrons. The minimum atomic E-state index is -0.766. The lowest BCUT2D eigenvalue weighted by atomic mass is 9.92. The van der Waals surface area contributed by atoms with E-state index in [2.05, 4.69) is 16.9 Å². The van der Waals surface area contributed by atoms with E-state index in [0.717, 1.165) is 30.9 Å². The third-order valence-electron chi connectivity index (χ3n) is 3.52. The SMILES string of the molecule is CCc1cc(N2CCC(C)CC2C(=O)O)ncn1. The van der Waals surface area contributed by atoms with Crippen LogP contribution in [-0.2, 0) is 11.2 Å². The van der Waals surface area contributed by atoms with Gasteiger partial charge in [-0.1, -0.05) is 13.8 Å². The van der Waals surface area contributed by atoms with Crippen molar-refractivity contribution >= 4 is 11.8 Å². The van der Waals surface area contributed by atoms with Gasteiger partial charge in [0, 0.05) is 18.3 Å². The highest BCUT2D eigenvalue weighted by molar-refractivity contribution is 5.78. The number of hydrogen-bond donors (Lipinski definition) is 1. The summed E-state index contributed by atoms with van der Waals surface area (Å²) >= 11 is 0. The molecule has 0 radical (unpaired) electrons. The molecule has 5 nitrogen and oxygen atoms in total. The summed E-state index contributed by atoms with van der Waals surface area (Å²) in [6.07, 6.45) is 4.04. The van der Waals surface area contributed by atoms with E-state index >= 15 is 0 Å². The number of nitrogens with zero attached hydrogens (tertiary/aromatic N) is 3. The molecule has 0 amide bonds. The second-order valence-electron chi connectivity index (χ2n) is 4.90. The summed E-state index contributed by atoms with van der Waals surface area (Å²) in [6.45, 7) is 4.88. The lowest BCUT2D eigenvalue weighted by Gasteiger charge is -2.36. The van der Waals surface area contributed by atoms with E-state index in [0.29, 0.717) is 12.3 Å². The summed E-state index contributed by atoms with van der Waals surface area (Å²) in [5.41, 5.74) is 0.947.